The van der Waals surface area contributed by atoms with E-state index in [1.54, 1.807) is 24.3 Å². The number of hydrogen-bond donors (Lipinski definition) is 2. The number of aromatic amines is 1. The first-order chi connectivity index (χ1) is 13.0. The molecule has 6 heteroatoms. The van der Waals surface area contributed by atoms with Crippen molar-refractivity contribution in [2.75, 3.05) is 5.32 Å². The fourth-order valence-electron chi connectivity index (χ4n) is 3.02. The van der Waals surface area contributed by atoms with E-state index in [1.165, 1.54) is 12.3 Å². The minimum absolute atomic E-state index is 0.256. The third-order valence-corrected chi connectivity index (χ3v) is 4.57. The summed E-state index contributed by atoms with van der Waals surface area (Å²) >= 11 is 0. The first-order valence-corrected chi connectivity index (χ1v) is 8.50. The van der Waals surface area contributed by atoms with E-state index >= 15 is 0 Å². The highest BCUT2D eigenvalue weighted by atomic mass is 19.1. The molecule has 0 radical (unpaired) electrons. The lowest BCUT2D eigenvalue weighted by molar-refractivity contribution is 0.102. The van der Waals surface area contributed by atoms with Crippen LogP contribution < -0.4 is 5.32 Å². The van der Waals surface area contributed by atoms with Crippen LogP contribution in [0, 0.1) is 19.8 Å². The number of rotatable bonds is 3. The van der Waals surface area contributed by atoms with Gasteiger partial charge >= 0.3 is 0 Å². The number of fused-ring (bicyclic) bond motifs is 1. The van der Waals surface area contributed by atoms with Gasteiger partial charge in [-0.15, -0.1) is 0 Å². The number of nitrogens with zero attached hydrogens (tertiary/aromatic N) is 2. The van der Waals surface area contributed by atoms with Crippen molar-refractivity contribution in [3.8, 4) is 11.3 Å². The normalized spacial score (nSPS) is 10.9. The van der Waals surface area contributed by atoms with Gasteiger partial charge in [-0.2, -0.15) is 4.39 Å². The maximum atomic E-state index is 13.3. The molecule has 4 rings (SSSR count). The number of carbonyl (C=O) groups is 1. The predicted octanol–water partition coefficient (Wildman–Crippen LogP) is 4.63. The van der Waals surface area contributed by atoms with Gasteiger partial charge in [-0.1, -0.05) is 6.07 Å². The number of H-pyrrole nitrogens is 1. The number of nitrogens with one attached hydrogen (secondary N) is 2. The number of carbonyl (C=O) groups excluding carboxylic acids is 1. The SMILES string of the molecule is Cc1[nH]c2ccc(NC(=O)c3cccc(-c4ccnc(F)c4)n3)cc2c1C. The highest BCUT2D eigenvalue weighted by molar-refractivity contribution is 6.04. The zero-order valence-corrected chi connectivity index (χ0v) is 14.9. The Bertz CT molecular complexity index is 1170. The number of aromatic nitrogens is 3. The summed E-state index contributed by atoms with van der Waals surface area (Å²) in [4.78, 5) is 23.8. The van der Waals surface area contributed by atoms with E-state index in [4.69, 9.17) is 0 Å². The molecule has 2 N–H and O–H groups in total. The summed E-state index contributed by atoms with van der Waals surface area (Å²) in [6.45, 7) is 4.06. The van der Waals surface area contributed by atoms with Gasteiger partial charge in [0.05, 0.1) is 5.69 Å². The lowest BCUT2D eigenvalue weighted by Gasteiger charge is -2.07. The number of amides is 1. The lowest BCUT2D eigenvalue weighted by atomic mass is 10.1. The van der Waals surface area contributed by atoms with Gasteiger partial charge in [0, 0.05) is 40.1 Å². The Morgan fingerprint density at radius 1 is 1.11 bits per heavy atom. The highest BCUT2D eigenvalue weighted by Gasteiger charge is 2.11. The highest BCUT2D eigenvalue weighted by Crippen LogP contribution is 2.25. The molecule has 27 heavy (non-hydrogen) atoms. The first kappa shape index (κ1) is 16.9. The average Bonchev–Trinajstić information content (AvgIpc) is 2.96. The van der Waals surface area contributed by atoms with Crippen LogP contribution in [-0.4, -0.2) is 20.9 Å². The zero-order valence-electron chi connectivity index (χ0n) is 14.9. The molecule has 0 aliphatic heterocycles. The summed E-state index contributed by atoms with van der Waals surface area (Å²) in [6, 6.07) is 13.7. The van der Waals surface area contributed by atoms with Crippen molar-refractivity contribution in [3.63, 3.8) is 0 Å². The molecule has 3 aromatic heterocycles. The van der Waals surface area contributed by atoms with Crippen molar-refractivity contribution >= 4 is 22.5 Å². The van der Waals surface area contributed by atoms with Crippen molar-refractivity contribution < 1.29 is 9.18 Å². The molecule has 0 saturated heterocycles. The van der Waals surface area contributed by atoms with Crippen molar-refractivity contribution in [2.24, 2.45) is 0 Å². The molecule has 0 saturated carbocycles. The molecule has 3 heterocycles. The Morgan fingerprint density at radius 3 is 2.78 bits per heavy atom. The molecule has 5 nitrogen and oxygen atoms in total. The van der Waals surface area contributed by atoms with Crippen molar-refractivity contribution in [1.29, 1.82) is 0 Å². The summed E-state index contributed by atoms with van der Waals surface area (Å²) in [6.07, 6.45) is 1.37. The first-order valence-electron chi connectivity index (χ1n) is 8.50. The van der Waals surface area contributed by atoms with Gasteiger partial charge in [0.1, 0.15) is 5.69 Å². The number of benzene rings is 1. The van der Waals surface area contributed by atoms with Gasteiger partial charge in [0.15, 0.2) is 0 Å². The minimum Gasteiger partial charge on any atom is -0.358 e. The van der Waals surface area contributed by atoms with Crippen LogP contribution in [0.1, 0.15) is 21.7 Å². The van der Waals surface area contributed by atoms with E-state index in [1.807, 2.05) is 32.0 Å². The number of hydrogen-bond acceptors (Lipinski definition) is 3. The number of halogens is 1. The Morgan fingerprint density at radius 2 is 1.96 bits per heavy atom. The summed E-state index contributed by atoms with van der Waals surface area (Å²) in [5.41, 5.74) is 5.31. The average molecular weight is 360 g/mol. The molecule has 0 aliphatic carbocycles. The van der Waals surface area contributed by atoms with Crippen LogP contribution >= 0.6 is 0 Å². The van der Waals surface area contributed by atoms with Gasteiger partial charge in [-0.25, -0.2) is 9.97 Å². The Balaban J connectivity index is 1.62. The van der Waals surface area contributed by atoms with Crippen molar-refractivity contribution in [1.82, 2.24) is 15.0 Å². The van der Waals surface area contributed by atoms with E-state index in [-0.39, 0.29) is 11.6 Å². The molecule has 0 atom stereocenters. The fourth-order valence-corrected chi connectivity index (χ4v) is 3.02. The van der Waals surface area contributed by atoms with Crippen LogP contribution in [0.25, 0.3) is 22.2 Å². The Kier molecular flexibility index (Phi) is 4.16. The standard InChI is InChI=1S/C21H17FN4O/c1-12-13(2)24-18-7-6-15(11-16(12)18)25-21(27)19-5-3-4-17(26-19)14-8-9-23-20(22)10-14/h3-11,24H,1-2H3,(H,25,27). The second-order valence-electron chi connectivity index (χ2n) is 6.36. The van der Waals surface area contributed by atoms with E-state index in [9.17, 15) is 9.18 Å². The minimum atomic E-state index is -0.588. The van der Waals surface area contributed by atoms with E-state index in [2.05, 4.69) is 20.3 Å². The molecule has 1 aromatic carbocycles. The topological polar surface area (TPSA) is 70.7 Å². The molecule has 0 spiro atoms. The van der Waals surface area contributed by atoms with Gasteiger partial charge < -0.3 is 10.3 Å². The van der Waals surface area contributed by atoms with Gasteiger partial charge in [-0.05, 0) is 55.8 Å². The number of pyridine rings is 2. The number of aryl methyl sites for hydroxylation is 2. The molecule has 1 amide bonds. The van der Waals surface area contributed by atoms with Gasteiger partial charge in [0.25, 0.3) is 5.91 Å². The Hall–Kier alpha value is -3.54. The zero-order chi connectivity index (χ0) is 19.0. The van der Waals surface area contributed by atoms with Crippen LogP contribution in [0.3, 0.4) is 0 Å². The predicted molar refractivity (Wildman–Crippen MR) is 103 cm³/mol. The van der Waals surface area contributed by atoms with E-state index < -0.39 is 5.95 Å². The van der Waals surface area contributed by atoms with Gasteiger partial charge in [-0.3, -0.25) is 4.79 Å². The summed E-state index contributed by atoms with van der Waals surface area (Å²) < 4.78 is 13.3. The molecule has 0 bridgehead atoms. The van der Waals surface area contributed by atoms with Crippen LogP contribution in [-0.2, 0) is 0 Å². The maximum Gasteiger partial charge on any atom is 0.274 e. The quantitative estimate of drug-likeness (QED) is 0.523. The van der Waals surface area contributed by atoms with Crippen LogP contribution in [0.5, 0.6) is 0 Å². The maximum absolute atomic E-state index is 13.3. The van der Waals surface area contributed by atoms with Crippen molar-refractivity contribution in [3.05, 3.63) is 77.6 Å². The molecular formula is C21H17FN4O. The number of anilines is 1. The second kappa shape index (κ2) is 6.64. The van der Waals surface area contributed by atoms with E-state index in [0.29, 0.717) is 16.9 Å². The smallest absolute Gasteiger partial charge is 0.274 e. The molecule has 0 fully saturated rings. The van der Waals surface area contributed by atoms with Crippen molar-refractivity contribution in [2.45, 2.75) is 13.8 Å². The third kappa shape index (κ3) is 3.29. The second-order valence-corrected chi connectivity index (χ2v) is 6.36. The molecule has 0 aliphatic rings. The third-order valence-electron chi connectivity index (χ3n) is 4.57. The monoisotopic (exact) mass is 360 g/mol. The Labute approximate surface area is 155 Å². The van der Waals surface area contributed by atoms with Crippen LogP contribution in [0.4, 0.5) is 10.1 Å². The largest absolute Gasteiger partial charge is 0.358 e. The molecular weight excluding hydrogens is 343 g/mol. The molecule has 4 aromatic rings. The summed E-state index contributed by atoms with van der Waals surface area (Å²) in [5.74, 6) is -0.912. The van der Waals surface area contributed by atoms with Gasteiger partial charge in [0.2, 0.25) is 5.95 Å². The molecule has 134 valence electrons. The fraction of sp³-hybridized carbons (Fsp3) is 0.0952. The summed E-state index contributed by atoms with van der Waals surface area (Å²) in [5, 5.41) is 3.94. The van der Waals surface area contributed by atoms with E-state index in [0.717, 1.165) is 22.2 Å². The molecule has 0 unspecified atom stereocenters. The lowest BCUT2D eigenvalue weighted by Crippen LogP contribution is -2.13. The van der Waals surface area contributed by atoms with Crippen LogP contribution in [0.2, 0.25) is 0 Å². The van der Waals surface area contributed by atoms with Crippen LogP contribution in [0.15, 0.2) is 54.7 Å². The summed E-state index contributed by atoms with van der Waals surface area (Å²) in [7, 11) is 0.